The zero-order valence-corrected chi connectivity index (χ0v) is 15.4. The Morgan fingerprint density at radius 3 is 3.00 bits per heavy atom. The third kappa shape index (κ3) is 3.48. The molecule has 3 aromatic heterocycles. The summed E-state index contributed by atoms with van der Waals surface area (Å²) in [4.78, 5) is 15.6. The molecule has 0 radical (unpaired) electrons. The fourth-order valence-corrected chi connectivity index (χ4v) is 3.15. The van der Waals surface area contributed by atoms with Crippen LogP contribution in [0.15, 0.2) is 55.0 Å². The molecule has 3 heterocycles. The highest BCUT2D eigenvalue weighted by Crippen LogP contribution is 2.22. The van der Waals surface area contributed by atoms with Gasteiger partial charge in [0.15, 0.2) is 0 Å². The summed E-state index contributed by atoms with van der Waals surface area (Å²) in [6.07, 6.45) is 6.52. The Morgan fingerprint density at radius 2 is 2.19 bits per heavy atom. The van der Waals surface area contributed by atoms with Crippen molar-refractivity contribution in [1.29, 1.82) is 0 Å². The first kappa shape index (κ1) is 17.1. The van der Waals surface area contributed by atoms with Gasteiger partial charge in [-0.15, -0.1) is 5.10 Å². The quantitative estimate of drug-likeness (QED) is 0.553. The minimum Gasteiger partial charge on any atom is -0.361 e. The van der Waals surface area contributed by atoms with E-state index in [2.05, 4.69) is 37.3 Å². The van der Waals surface area contributed by atoms with Gasteiger partial charge in [0.25, 0.3) is 0 Å². The normalized spacial score (nSPS) is 12.4. The van der Waals surface area contributed by atoms with Crippen LogP contribution in [0.4, 0.5) is 0 Å². The van der Waals surface area contributed by atoms with Gasteiger partial charge in [-0.05, 0) is 37.3 Å². The molecule has 1 amide bonds. The monoisotopic (exact) mass is 362 g/mol. The van der Waals surface area contributed by atoms with E-state index in [9.17, 15) is 4.79 Å². The Balaban J connectivity index is 1.40. The fraction of sp³-hybridized carbons (Fsp3) is 0.250. The first-order valence-electron chi connectivity index (χ1n) is 8.99. The molecule has 4 rings (SSSR count). The van der Waals surface area contributed by atoms with Gasteiger partial charge in [-0.3, -0.25) is 4.79 Å². The molecule has 1 aromatic carbocycles. The lowest BCUT2D eigenvalue weighted by atomic mass is 10.1. The van der Waals surface area contributed by atoms with Crippen molar-refractivity contribution in [3.8, 4) is 11.3 Å². The second kappa shape index (κ2) is 7.11. The number of hydrogen-bond acceptors (Lipinski definition) is 3. The molecule has 0 aliphatic rings. The second-order valence-electron chi connectivity index (χ2n) is 6.69. The van der Waals surface area contributed by atoms with Gasteiger partial charge in [-0.25, -0.2) is 4.68 Å². The molecule has 0 aliphatic carbocycles. The molecule has 0 fully saturated rings. The average Bonchev–Trinajstić information content (AvgIpc) is 3.41. The number of fused-ring (bicyclic) bond motifs is 1. The molecule has 0 bridgehead atoms. The fourth-order valence-electron chi connectivity index (χ4n) is 3.15. The zero-order chi connectivity index (χ0) is 18.8. The van der Waals surface area contributed by atoms with Crippen molar-refractivity contribution in [2.45, 2.75) is 19.4 Å². The van der Waals surface area contributed by atoms with Crippen molar-refractivity contribution in [2.24, 2.45) is 7.05 Å². The number of aromatic nitrogens is 5. The summed E-state index contributed by atoms with van der Waals surface area (Å²) in [5.41, 5.74) is 3.99. The Bertz CT molecular complexity index is 1070. The number of aromatic amines is 1. The van der Waals surface area contributed by atoms with E-state index in [0.29, 0.717) is 6.54 Å². The van der Waals surface area contributed by atoms with Crippen LogP contribution in [0.25, 0.3) is 22.2 Å². The van der Waals surface area contributed by atoms with Crippen molar-refractivity contribution >= 4 is 16.8 Å². The molecule has 0 aliphatic heterocycles. The molecular weight excluding hydrogens is 340 g/mol. The molecule has 7 nitrogen and oxygen atoms in total. The van der Waals surface area contributed by atoms with Crippen molar-refractivity contribution in [2.75, 3.05) is 6.54 Å². The Kier molecular flexibility index (Phi) is 4.50. The van der Waals surface area contributed by atoms with Crippen molar-refractivity contribution < 1.29 is 4.79 Å². The zero-order valence-electron chi connectivity index (χ0n) is 15.4. The summed E-state index contributed by atoms with van der Waals surface area (Å²) in [6, 6.07) is 11.7. The third-order valence-corrected chi connectivity index (χ3v) is 4.87. The van der Waals surface area contributed by atoms with Gasteiger partial charge >= 0.3 is 0 Å². The topological polar surface area (TPSA) is 80.5 Å². The molecule has 0 saturated heterocycles. The number of H-pyrrole nitrogens is 1. The first-order chi connectivity index (χ1) is 13.1. The van der Waals surface area contributed by atoms with E-state index < -0.39 is 6.04 Å². The summed E-state index contributed by atoms with van der Waals surface area (Å²) in [7, 11) is 2.00. The van der Waals surface area contributed by atoms with Crippen LogP contribution in [0.2, 0.25) is 0 Å². The number of amides is 1. The van der Waals surface area contributed by atoms with Gasteiger partial charge in [0.05, 0.1) is 6.20 Å². The molecular formula is C20H22N6O. The van der Waals surface area contributed by atoms with Crippen molar-refractivity contribution in [3.05, 3.63) is 60.7 Å². The number of rotatable bonds is 6. The smallest absolute Gasteiger partial charge is 0.244 e. The molecule has 1 atom stereocenters. The summed E-state index contributed by atoms with van der Waals surface area (Å²) in [5, 5.41) is 12.5. The molecule has 138 valence electrons. The van der Waals surface area contributed by atoms with Gasteiger partial charge in [-0.2, -0.15) is 0 Å². The number of nitrogens with one attached hydrogen (secondary N) is 2. The van der Waals surface area contributed by atoms with E-state index in [1.807, 2.05) is 56.8 Å². The van der Waals surface area contributed by atoms with Crippen LogP contribution < -0.4 is 5.32 Å². The Morgan fingerprint density at radius 1 is 1.30 bits per heavy atom. The van der Waals surface area contributed by atoms with Crippen LogP contribution in [0, 0.1) is 0 Å². The number of carbonyl (C=O) groups is 1. The van der Waals surface area contributed by atoms with E-state index in [-0.39, 0.29) is 5.91 Å². The maximum absolute atomic E-state index is 12.4. The third-order valence-electron chi connectivity index (χ3n) is 4.87. The highest BCUT2D eigenvalue weighted by Gasteiger charge is 2.17. The number of hydrogen-bond donors (Lipinski definition) is 2. The number of benzene rings is 1. The van der Waals surface area contributed by atoms with Crippen LogP contribution >= 0.6 is 0 Å². The van der Waals surface area contributed by atoms with E-state index in [1.54, 1.807) is 4.68 Å². The number of aryl methyl sites for hydroxylation is 1. The predicted molar refractivity (Wildman–Crippen MR) is 104 cm³/mol. The van der Waals surface area contributed by atoms with E-state index in [1.165, 1.54) is 5.69 Å². The first-order valence-corrected chi connectivity index (χ1v) is 8.99. The van der Waals surface area contributed by atoms with Gasteiger partial charge in [-0.1, -0.05) is 11.3 Å². The molecule has 0 saturated carbocycles. The lowest BCUT2D eigenvalue weighted by Gasteiger charge is -2.12. The van der Waals surface area contributed by atoms with Crippen LogP contribution in [-0.4, -0.2) is 37.0 Å². The SMILES string of the molecule is CC(C(=O)NCCc1cccn1C)n1cc(-c2ccc3[nH]ccc3c2)nn1. The summed E-state index contributed by atoms with van der Waals surface area (Å²) in [6.45, 7) is 2.42. The minimum atomic E-state index is -0.421. The maximum atomic E-state index is 12.4. The standard InChI is InChI=1S/C20H22N6O/c1-14(20(27)22-10-8-17-4-3-11-25(17)2)26-13-19(23-24-26)15-5-6-18-16(12-15)7-9-21-18/h3-7,9,11-14,21H,8,10H2,1-2H3,(H,22,27). The van der Waals surface area contributed by atoms with E-state index in [4.69, 9.17) is 0 Å². The van der Waals surface area contributed by atoms with Gasteiger partial charge in [0.1, 0.15) is 11.7 Å². The number of carbonyl (C=O) groups excluding carboxylic acids is 1. The van der Waals surface area contributed by atoms with E-state index >= 15 is 0 Å². The lowest BCUT2D eigenvalue weighted by molar-refractivity contribution is -0.124. The molecule has 1 unspecified atom stereocenters. The molecule has 27 heavy (non-hydrogen) atoms. The maximum Gasteiger partial charge on any atom is 0.244 e. The second-order valence-corrected chi connectivity index (χ2v) is 6.69. The highest BCUT2D eigenvalue weighted by molar-refractivity contribution is 5.84. The minimum absolute atomic E-state index is 0.0678. The van der Waals surface area contributed by atoms with Crippen molar-refractivity contribution in [1.82, 2.24) is 29.9 Å². The molecule has 0 spiro atoms. The van der Waals surface area contributed by atoms with Crippen LogP contribution in [0.5, 0.6) is 0 Å². The summed E-state index contributed by atoms with van der Waals surface area (Å²) in [5.74, 6) is -0.0678. The van der Waals surface area contributed by atoms with Gasteiger partial charge in [0.2, 0.25) is 5.91 Å². The van der Waals surface area contributed by atoms with Crippen molar-refractivity contribution in [3.63, 3.8) is 0 Å². The molecule has 4 aromatic rings. The molecule has 7 heteroatoms. The van der Waals surface area contributed by atoms with Crippen LogP contribution in [0.1, 0.15) is 18.7 Å². The van der Waals surface area contributed by atoms with Crippen LogP contribution in [-0.2, 0) is 18.3 Å². The summed E-state index contributed by atoms with van der Waals surface area (Å²) < 4.78 is 3.66. The van der Waals surface area contributed by atoms with Gasteiger partial charge in [0, 0.05) is 54.6 Å². The summed E-state index contributed by atoms with van der Waals surface area (Å²) >= 11 is 0. The molecule has 2 N–H and O–H groups in total. The highest BCUT2D eigenvalue weighted by atomic mass is 16.2. The average molecular weight is 362 g/mol. The van der Waals surface area contributed by atoms with Crippen LogP contribution in [0.3, 0.4) is 0 Å². The number of nitrogens with zero attached hydrogens (tertiary/aromatic N) is 4. The lowest BCUT2D eigenvalue weighted by Crippen LogP contribution is -2.32. The Hall–Kier alpha value is -3.35. The predicted octanol–water partition coefficient (Wildman–Crippen LogP) is 2.68. The van der Waals surface area contributed by atoms with E-state index in [0.717, 1.165) is 28.6 Å². The van der Waals surface area contributed by atoms with Gasteiger partial charge < -0.3 is 14.9 Å². The Labute approximate surface area is 157 Å². The largest absolute Gasteiger partial charge is 0.361 e.